The second-order valence-electron chi connectivity index (χ2n) is 17.4. The Balaban J connectivity index is 1.98. The van der Waals surface area contributed by atoms with E-state index in [2.05, 4.69) is 0 Å². The standard InChI is InChI=1S/C41H64O9/c1-23(2)28-20-31(42)26(5)12-10-11-24(3)18-32(43)29-19-27(6)37-30(41(29,22-33(28)44)38(47)49-9)17-25(4)13-14-35(46)40(8)16-15-36(50-40)39(7,48)21-34(37)45/h17,23-24,26,28-30,34-36,45-46,48H,10-16,18-22H2,1-9H3/b25-17+/t24-,26+,28-,29+,30-,34+,35+,36+,39+,40-,41+/m0/s1. The molecule has 0 unspecified atom stereocenters. The van der Waals surface area contributed by atoms with Gasteiger partial charge in [0.05, 0.1) is 42.0 Å². The highest BCUT2D eigenvalue weighted by Crippen LogP contribution is 2.56. The van der Waals surface area contributed by atoms with Crippen LogP contribution in [0.1, 0.15) is 132 Å². The molecule has 3 N–H and O–H groups in total. The Labute approximate surface area is 299 Å². The fraction of sp³-hybridized carbons (Fsp3) is 0.805. The van der Waals surface area contributed by atoms with Crippen LogP contribution in [0.2, 0.25) is 0 Å². The summed E-state index contributed by atoms with van der Waals surface area (Å²) in [7, 11) is 1.27. The lowest BCUT2D eigenvalue weighted by Gasteiger charge is -2.49. The van der Waals surface area contributed by atoms with Gasteiger partial charge in [-0.25, -0.2) is 0 Å². The van der Waals surface area contributed by atoms with Crippen molar-refractivity contribution in [3.63, 3.8) is 0 Å². The highest BCUT2D eigenvalue weighted by molar-refractivity contribution is 5.97. The van der Waals surface area contributed by atoms with Crippen molar-refractivity contribution in [1.29, 1.82) is 0 Å². The van der Waals surface area contributed by atoms with Gasteiger partial charge in [-0.3, -0.25) is 19.2 Å². The molecule has 2 aliphatic carbocycles. The minimum absolute atomic E-state index is 0.00387. The lowest BCUT2D eigenvalue weighted by atomic mass is 9.52. The number of hydrogen-bond acceptors (Lipinski definition) is 9. The third kappa shape index (κ3) is 8.21. The fourth-order valence-electron chi connectivity index (χ4n) is 9.56. The van der Waals surface area contributed by atoms with Crippen LogP contribution in [0.4, 0.5) is 0 Å². The van der Waals surface area contributed by atoms with E-state index in [1.165, 1.54) is 7.11 Å². The molecule has 4 rings (SSSR count). The Hall–Kier alpha value is -2.20. The molecule has 0 aromatic rings. The van der Waals surface area contributed by atoms with E-state index >= 15 is 0 Å². The van der Waals surface area contributed by atoms with Crippen LogP contribution in [-0.4, -0.2) is 75.3 Å². The maximum Gasteiger partial charge on any atom is 0.313 e. The highest BCUT2D eigenvalue weighted by atomic mass is 16.5. The summed E-state index contributed by atoms with van der Waals surface area (Å²) in [4.78, 5) is 57.4. The molecule has 4 aliphatic rings. The minimum Gasteiger partial charge on any atom is -0.469 e. The first-order valence-corrected chi connectivity index (χ1v) is 19.1. The van der Waals surface area contributed by atoms with Gasteiger partial charge in [-0.2, -0.15) is 0 Å². The SMILES string of the molecule is COC(=O)[C@]12CC(=O)[C@H](C(C)C)CC(=O)[C@H](C)CCC[C@H](C)CC(=O)[C@H]1CC(C)=C1[C@H](O)C[C@@](C)(O)[C@H]3CC[C@](C)(O3)[C@H](O)CC/C(C)=C/[C@@H]12. The van der Waals surface area contributed by atoms with Crippen molar-refractivity contribution in [3.8, 4) is 0 Å². The van der Waals surface area contributed by atoms with Gasteiger partial charge in [-0.15, -0.1) is 0 Å². The van der Waals surface area contributed by atoms with Crippen LogP contribution in [0.25, 0.3) is 0 Å². The van der Waals surface area contributed by atoms with Crippen molar-refractivity contribution < 1.29 is 44.0 Å². The number of carbonyl (C=O) groups is 4. The maximum atomic E-state index is 14.7. The van der Waals surface area contributed by atoms with Crippen LogP contribution in [0, 0.1) is 40.9 Å². The summed E-state index contributed by atoms with van der Waals surface area (Å²) in [6, 6.07) is 0. The predicted octanol–water partition coefficient (Wildman–Crippen LogP) is 6.25. The first-order chi connectivity index (χ1) is 23.3. The van der Waals surface area contributed by atoms with Gasteiger partial charge in [0.25, 0.3) is 0 Å². The molecule has 0 aromatic heterocycles. The number of fused-ring (bicyclic) bond motifs is 5. The third-order valence-corrected chi connectivity index (χ3v) is 13.0. The lowest BCUT2D eigenvalue weighted by molar-refractivity contribution is -0.169. The van der Waals surface area contributed by atoms with Gasteiger partial charge in [0.1, 0.15) is 17.3 Å². The van der Waals surface area contributed by atoms with E-state index in [0.717, 1.165) is 24.0 Å². The summed E-state index contributed by atoms with van der Waals surface area (Å²) in [6.45, 7) is 15.0. The van der Waals surface area contributed by atoms with Crippen molar-refractivity contribution in [2.24, 2.45) is 40.9 Å². The number of ketones is 3. The Morgan fingerprint density at radius 2 is 1.64 bits per heavy atom. The van der Waals surface area contributed by atoms with Gasteiger partial charge in [0, 0.05) is 49.4 Å². The molecule has 2 heterocycles. The normalized spacial score (nSPS) is 42.7. The number of rotatable bonds is 2. The zero-order valence-electron chi connectivity index (χ0n) is 32.0. The third-order valence-electron chi connectivity index (χ3n) is 13.0. The molecule has 1 saturated carbocycles. The van der Waals surface area contributed by atoms with Crippen molar-refractivity contribution in [1.82, 2.24) is 0 Å². The highest BCUT2D eigenvalue weighted by Gasteiger charge is 2.60. The van der Waals surface area contributed by atoms with Gasteiger partial charge in [-0.05, 0) is 83.6 Å². The van der Waals surface area contributed by atoms with E-state index in [0.29, 0.717) is 37.7 Å². The molecule has 50 heavy (non-hydrogen) atoms. The Morgan fingerprint density at radius 3 is 2.28 bits per heavy atom. The topological polar surface area (TPSA) is 147 Å². The summed E-state index contributed by atoms with van der Waals surface area (Å²) < 4.78 is 11.9. The smallest absolute Gasteiger partial charge is 0.313 e. The number of esters is 1. The van der Waals surface area contributed by atoms with Crippen LogP contribution in [0.5, 0.6) is 0 Å². The summed E-state index contributed by atoms with van der Waals surface area (Å²) in [6.07, 6.45) is 3.32. The average molecular weight is 701 g/mol. The fourth-order valence-corrected chi connectivity index (χ4v) is 9.56. The number of allylic oxidation sites excluding steroid dienone is 3. The zero-order valence-corrected chi connectivity index (χ0v) is 32.0. The zero-order chi connectivity index (χ0) is 37.3. The number of Topliss-reactive ketones (excluding diaryl/α,β-unsaturated/α-hetero) is 3. The predicted molar refractivity (Wildman–Crippen MR) is 191 cm³/mol. The molecule has 0 amide bonds. The summed E-state index contributed by atoms with van der Waals surface area (Å²) in [5.74, 6) is -3.92. The van der Waals surface area contributed by atoms with Crippen LogP contribution in [0.15, 0.2) is 22.8 Å². The van der Waals surface area contributed by atoms with Crippen molar-refractivity contribution in [3.05, 3.63) is 22.8 Å². The molecule has 0 radical (unpaired) electrons. The second-order valence-corrected chi connectivity index (χ2v) is 17.4. The summed E-state index contributed by atoms with van der Waals surface area (Å²) in [5, 5.41) is 35.4. The lowest BCUT2D eigenvalue weighted by Crippen LogP contribution is -2.55. The van der Waals surface area contributed by atoms with Gasteiger partial charge in [-0.1, -0.05) is 57.8 Å². The quantitative estimate of drug-likeness (QED) is 0.225. The average Bonchev–Trinajstić information content (AvgIpc) is 3.45. The number of aliphatic hydroxyl groups excluding tert-OH is 2. The van der Waals surface area contributed by atoms with Crippen molar-refractivity contribution >= 4 is 23.3 Å². The molecule has 11 atom stereocenters. The van der Waals surface area contributed by atoms with E-state index in [1.54, 1.807) is 6.92 Å². The minimum atomic E-state index is -1.70. The van der Waals surface area contributed by atoms with E-state index in [1.807, 2.05) is 54.5 Å². The Kier molecular flexibility index (Phi) is 12.8. The molecule has 2 fully saturated rings. The van der Waals surface area contributed by atoms with Gasteiger partial charge < -0.3 is 24.8 Å². The van der Waals surface area contributed by atoms with E-state index in [4.69, 9.17) is 9.47 Å². The second kappa shape index (κ2) is 15.8. The molecule has 2 bridgehead atoms. The van der Waals surface area contributed by atoms with Gasteiger partial charge in [0.15, 0.2) is 0 Å². The van der Waals surface area contributed by atoms with Crippen LogP contribution < -0.4 is 0 Å². The molecule has 0 spiro atoms. The van der Waals surface area contributed by atoms with Crippen LogP contribution in [0.3, 0.4) is 0 Å². The first kappa shape index (κ1) is 40.6. The van der Waals surface area contributed by atoms with E-state index in [-0.39, 0.29) is 67.2 Å². The van der Waals surface area contributed by atoms with Gasteiger partial charge in [0.2, 0.25) is 0 Å². The van der Waals surface area contributed by atoms with Crippen molar-refractivity contribution in [2.75, 3.05) is 7.11 Å². The van der Waals surface area contributed by atoms with E-state index in [9.17, 15) is 34.5 Å². The molecule has 0 aromatic carbocycles. The van der Waals surface area contributed by atoms with Crippen molar-refractivity contribution in [2.45, 2.75) is 162 Å². The maximum absolute atomic E-state index is 14.7. The number of carbonyl (C=O) groups excluding carboxylic acids is 4. The Morgan fingerprint density at radius 1 is 0.960 bits per heavy atom. The number of aliphatic hydroxyl groups is 3. The number of methoxy groups -OCH3 is 1. The van der Waals surface area contributed by atoms with Gasteiger partial charge >= 0.3 is 5.97 Å². The molecule has 1 saturated heterocycles. The molecule has 2 aliphatic heterocycles. The molecular formula is C41H64O9. The summed E-state index contributed by atoms with van der Waals surface area (Å²) >= 11 is 0. The number of ether oxygens (including phenoxy) is 2. The number of hydrogen-bond donors (Lipinski definition) is 3. The monoisotopic (exact) mass is 700 g/mol. The van der Waals surface area contributed by atoms with Crippen LogP contribution in [-0.2, 0) is 28.7 Å². The summed E-state index contributed by atoms with van der Waals surface area (Å²) in [5.41, 5.74) is -1.96. The largest absolute Gasteiger partial charge is 0.469 e. The molecular weight excluding hydrogens is 636 g/mol. The molecule has 282 valence electrons. The molecule has 9 nitrogen and oxygen atoms in total. The van der Waals surface area contributed by atoms with E-state index < -0.39 is 58.7 Å². The molecule has 9 heteroatoms. The Bertz CT molecular complexity index is 1360. The first-order valence-electron chi connectivity index (χ1n) is 19.1. The van der Waals surface area contributed by atoms with Crippen LogP contribution >= 0.6 is 0 Å².